The lowest BCUT2D eigenvalue weighted by Gasteiger charge is -2.11. The summed E-state index contributed by atoms with van der Waals surface area (Å²) >= 11 is 0. The molecule has 0 spiro atoms. The van der Waals surface area contributed by atoms with Crippen molar-refractivity contribution in [1.29, 1.82) is 0 Å². The fourth-order valence-electron chi connectivity index (χ4n) is 1.30. The van der Waals surface area contributed by atoms with Crippen molar-refractivity contribution in [2.75, 3.05) is 7.11 Å². The van der Waals surface area contributed by atoms with Gasteiger partial charge in [-0.15, -0.1) is 0 Å². The molecule has 0 aliphatic carbocycles. The average Bonchev–Trinajstić information content (AvgIpc) is 2.11. The van der Waals surface area contributed by atoms with E-state index in [0.717, 1.165) is 6.07 Å². The molecule has 0 aliphatic rings. The molecule has 1 aromatic carbocycles. The van der Waals surface area contributed by atoms with Crippen molar-refractivity contribution in [3.63, 3.8) is 0 Å². The number of nitrogens with two attached hydrogens (primary N) is 1. The minimum Gasteiger partial charge on any atom is -0.493 e. The molecular formula is C10H13F2NO. The van der Waals surface area contributed by atoms with Crippen molar-refractivity contribution in [1.82, 2.24) is 0 Å². The second-order valence-electron chi connectivity index (χ2n) is 3.24. The van der Waals surface area contributed by atoms with Gasteiger partial charge in [0, 0.05) is 6.04 Å². The van der Waals surface area contributed by atoms with Gasteiger partial charge in [-0.25, -0.2) is 4.39 Å². The summed E-state index contributed by atoms with van der Waals surface area (Å²) in [5.74, 6) is -1.91. The molecule has 2 nitrogen and oxygen atoms in total. The van der Waals surface area contributed by atoms with Gasteiger partial charge >= 0.3 is 0 Å². The van der Waals surface area contributed by atoms with E-state index in [2.05, 4.69) is 0 Å². The summed E-state index contributed by atoms with van der Waals surface area (Å²) in [6.07, 6.45) is 0.459. The molecule has 0 bridgehead atoms. The van der Waals surface area contributed by atoms with E-state index in [9.17, 15) is 8.78 Å². The molecule has 0 saturated carbocycles. The predicted molar refractivity (Wildman–Crippen MR) is 50.3 cm³/mol. The van der Waals surface area contributed by atoms with Crippen molar-refractivity contribution in [2.45, 2.75) is 19.4 Å². The second kappa shape index (κ2) is 4.37. The van der Waals surface area contributed by atoms with E-state index in [1.165, 1.54) is 13.2 Å². The van der Waals surface area contributed by atoms with Crippen LogP contribution < -0.4 is 10.5 Å². The third-order valence-electron chi connectivity index (χ3n) is 1.88. The Morgan fingerprint density at radius 2 is 2.07 bits per heavy atom. The number of rotatable bonds is 3. The van der Waals surface area contributed by atoms with E-state index in [1.54, 1.807) is 6.92 Å². The van der Waals surface area contributed by atoms with Gasteiger partial charge in [0.2, 0.25) is 5.82 Å². The highest BCUT2D eigenvalue weighted by Gasteiger charge is 2.14. The molecule has 1 rings (SSSR count). The Bertz CT molecular complexity index is 326. The van der Waals surface area contributed by atoms with Crippen molar-refractivity contribution in [3.8, 4) is 5.75 Å². The van der Waals surface area contributed by atoms with Crippen LogP contribution in [0, 0.1) is 11.6 Å². The minimum atomic E-state index is -0.953. The van der Waals surface area contributed by atoms with Crippen LogP contribution in [-0.4, -0.2) is 13.2 Å². The fourth-order valence-corrected chi connectivity index (χ4v) is 1.30. The van der Waals surface area contributed by atoms with Gasteiger partial charge in [-0.1, -0.05) is 6.07 Å². The highest BCUT2D eigenvalue weighted by molar-refractivity contribution is 5.36. The maximum atomic E-state index is 13.2. The summed E-state index contributed by atoms with van der Waals surface area (Å²) in [7, 11) is 1.31. The van der Waals surface area contributed by atoms with Crippen LogP contribution in [0.2, 0.25) is 0 Å². The summed E-state index contributed by atoms with van der Waals surface area (Å²) < 4.78 is 30.8. The van der Waals surface area contributed by atoms with Crippen LogP contribution >= 0.6 is 0 Å². The van der Waals surface area contributed by atoms with Crippen molar-refractivity contribution in [3.05, 3.63) is 29.3 Å². The second-order valence-corrected chi connectivity index (χ2v) is 3.24. The third-order valence-corrected chi connectivity index (χ3v) is 1.88. The Labute approximate surface area is 81.7 Å². The zero-order valence-electron chi connectivity index (χ0n) is 8.18. The van der Waals surface area contributed by atoms with Gasteiger partial charge in [0.25, 0.3) is 0 Å². The molecule has 0 heterocycles. The molecule has 14 heavy (non-hydrogen) atoms. The van der Waals surface area contributed by atoms with Gasteiger partial charge in [0.1, 0.15) is 0 Å². The highest BCUT2D eigenvalue weighted by atomic mass is 19.2. The summed E-state index contributed by atoms with van der Waals surface area (Å²) in [5, 5.41) is 0. The lowest BCUT2D eigenvalue weighted by Crippen LogP contribution is -2.18. The van der Waals surface area contributed by atoms with Crippen LogP contribution in [0.4, 0.5) is 8.78 Å². The fraction of sp³-hybridized carbons (Fsp3) is 0.400. The van der Waals surface area contributed by atoms with E-state index >= 15 is 0 Å². The first kappa shape index (κ1) is 10.9. The molecule has 0 fully saturated rings. The Balaban J connectivity index is 3.10. The van der Waals surface area contributed by atoms with E-state index in [0.29, 0.717) is 12.0 Å². The van der Waals surface area contributed by atoms with E-state index < -0.39 is 11.6 Å². The van der Waals surface area contributed by atoms with Gasteiger partial charge < -0.3 is 10.5 Å². The summed E-state index contributed by atoms with van der Waals surface area (Å²) in [6.45, 7) is 1.79. The summed E-state index contributed by atoms with van der Waals surface area (Å²) in [6, 6.07) is 2.45. The molecule has 1 aromatic rings. The maximum absolute atomic E-state index is 13.2. The van der Waals surface area contributed by atoms with E-state index in [4.69, 9.17) is 10.5 Å². The van der Waals surface area contributed by atoms with Crippen LogP contribution in [-0.2, 0) is 6.42 Å². The Morgan fingerprint density at radius 3 is 2.57 bits per heavy atom. The summed E-state index contributed by atoms with van der Waals surface area (Å²) in [4.78, 5) is 0. The molecule has 1 unspecified atom stereocenters. The minimum absolute atomic E-state index is 0.0534. The smallest absolute Gasteiger partial charge is 0.200 e. The average molecular weight is 201 g/mol. The molecule has 1 atom stereocenters. The van der Waals surface area contributed by atoms with Gasteiger partial charge in [0.15, 0.2) is 11.6 Å². The zero-order chi connectivity index (χ0) is 10.7. The van der Waals surface area contributed by atoms with Crippen LogP contribution in [0.25, 0.3) is 0 Å². The molecule has 0 aliphatic heterocycles. The number of halogens is 2. The summed E-state index contributed by atoms with van der Waals surface area (Å²) in [5.41, 5.74) is 6.15. The normalized spacial score (nSPS) is 12.6. The first-order valence-corrected chi connectivity index (χ1v) is 4.32. The molecule has 0 aromatic heterocycles. The molecule has 4 heteroatoms. The SMILES string of the molecule is COc1c(CC(C)N)ccc(F)c1F. The largest absolute Gasteiger partial charge is 0.493 e. The Morgan fingerprint density at radius 1 is 1.43 bits per heavy atom. The first-order valence-electron chi connectivity index (χ1n) is 4.32. The first-order chi connectivity index (χ1) is 6.56. The number of hydrogen-bond acceptors (Lipinski definition) is 2. The number of benzene rings is 1. The Hall–Kier alpha value is -1.16. The molecular weight excluding hydrogens is 188 g/mol. The molecule has 78 valence electrons. The van der Waals surface area contributed by atoms with Crippen molar-refractivity contribution >= 4 is 0 Å². The van der Waals surface area contributed by atoms with Crippen molar-refractivity contribution in [2.24, 2.45) is 5.73 Å². The van der Waals surface area contributed by atoms with Crippen molar-refractivity contribution < 1.29 is 13.5 Å². The van der Waals surface area contributed by atoms with Gasteiger partial charge in [0.05, 0.1) is 7.11 Å². The van der Waals surface area contributed by atoms with Gasteiger partial charge in [-0.3, -0.25) is 0 Å². The third kappa shape index (κ3) is 2.20. The number of ether oxygens (including phenoxy) is 1. The molecule has 0 radical (unpaired) electrons. The topological polar surface area (TPSA) is 35.2 Å². The van der Waals surface area contributed by atoms with E-state index in [-0.39, 0.29) is 11.8 Å². The molecule has 0 amide bonds. The molecule has 0 saturated heterocycles. The maximum Gasteiger partial charge on any atom is 0.200 e. The lowest BCUT2D eigenvalue weighted by atomic mass is 10.1. The quantitative estimate of drug-likeness (QED) is 0.810. The van der Waals surface area contributed by atoms with Crippen LogP contribution in [0.3, 0.4) is 0 Å². The Kier molecular flexibility index (Phi) is 3.41. The van der Waals surface area contributed by atoms with Gasteiger partial charge in [-0.2, -0.15) is 4.39 Å². The van der Waals surface area contributed by atoms with Crippen LogP contribution in [0.15, 0.2) is 12.1 Å². The highest BCUT2D eigenvalue weighted by Crippen LogP contribution is 2.25. The van der Waals surface area contributed by atoms with Gasteiger partial charge in [-0.05, 0) is 25.0 Å². The number of methoxy groups -OCH3 is 1. The zero-order valence-corrected chi connectivity index (χ0v) is 8.18. The van der Waals surface area contributed by atoms with E-state index in [1.807, 2.05) is 0 Å². The molecule has 2 N–H and O–H groups in total. The standard InChI is InChI=1S/C10H13F2NO/c1-6(13)5-7-3-4-8(11)9(12)10(7)14-2/h3-4,6H,5,13H2,1-2H3. The lowest BCUT2D eigenvalue weighted by molar-refractivity contribution is 0.366. The monoisotopic (exact) mass is 201 g/mol. The van der Waals surface area contributed by atoms with Crippen LogP contribution in [0.5, 0.6) is 5.75 Å². The van der Waals surface area contributed by atoms with Crippen LogP contribution in [0.1, 0.15) is 12.5 Å². The predicted octanol–water partition coefficient (Wildman–Crippen LogP) is 1.86. The number of hydrogen-bond donors (Lipinski definition) is 1.